The van der Waals surface area contributed by atoms with Crippen LogP contribution in [0.2, 0.25) is 0 Å². The Labute approximate surface area is 101 Å². The first-order chi connectivity index (χ1) is 7.15. The van der Waals surface area contributed by atoms with Gasteiger partial charge in [-0.15, -0.1) is 12.4 Å². The van der Waals surface area contributed by atoms with Gasteiger partial charge in [0.2, 0.25) is 0 Å². The molecule has 2 aromatic rings. The Morgan fingerprint density at radius 2 is 2.06 bits per heavy atom. The molecular formula is C10H16ClN5. The van der Waals surface area contributed by atoms with Crippen LogP contribution in [0.4, 0.5) is 5.82 Å². The van der Waals surface area contributed by atoms with Gasteiger partial charge in [-0.1, -0.05) is 0 Å². The van der Waals surface area contributed by atoms with E-state index in [-0.39, 0.29) is 12.4 Å². The maximum atomic E-state index is 4.30. The highest BCUT2D eigenvalue weighted by Gasteiger charge is 2.01. The van der Waals surface area contributed by atoms with E-state index in [0.717, 1.165) is 17.2 Å². The highest BCUT2D eigenvalue weighted by Crippen LogP contribution is 2.07. The molecule has 0 aliphatic carbocycles. The molecule has 2 aromatic heterocycles. The molecule has 0 aromatic carbocycles. The van der Waals surface area contributed by atoms with Crippen LogP contribution in [0.3, 0.4) is 0 Å². The fraction of sp³-hybridized carbons (Fsp3) is 0.400. The van der Waals surface area contributed by atoms with E-state index in [1.54, 1.807) is 4.68 Å². The summed E-state index contributed by atoms with van der Waals surface area (Å²) in [5.74, 6) is 0.889. The Morgan fingerprint density at radius 3 is 2.56 bits per heavy atom. The Bertz CT molecular complexity index is 440. The van der Waals surface area contributed by atoms with Crippen LogP contribution in [0.5, 0.6) is 0 Å². The molecule has 1 N–H and O–H groups in total. The van der Waals surface area contributed by atoms with Crippen molar-refractivity contribution in [3.8, 4) is 0 Å². The number of halogens is 1. The molecule has 5 nitrogen and oxygen atoms in total. The average molecular weight is 242 g/mol. The van der Waals surface area contributed by atoms with Gasteiger partial charge in [0.1, 0.15) is 5.82 Å². The molecule has 0 saturated heterocycles. The molecule has 2 heterocycles. The molecule has 0 aliphatic rings. The lowest BCUT2D eigenvalue weighted by molar-refractivity contribution is 0.735. The molecule has 0 radical (unpaired) electrons. The molecule has 2 rings (SSSR count). The van der Waals surface area contributed by atoms with Crippen LogP contribution in [0, 0.1) is 6.92 Å². The quantitative estimate of drug-likeness (QED) is 0.886. The normalized spacial score (nSPS) is 9.94. The van der Waals surface area contributed by atoms with Crippen molar-refractivity contribution in [2.75, 3.05) is 5.32 Å². The van der Waals surface area contributed by atoms with Gasteiger partial charge in [-0.25, -0.2) is 0 Å². The first-order valence-electron chi connectivity index (χ1n) is 4.88. The van der Waals surface area contributed by atoms with Gasteiger partial charge in [0.05, 0.1) is 12.2 Å². The van der Waals surface area contributed by atoms with Crippen molar-refractivity contribution in [1.82, 2.24) is 19.6 Å². The number of nitrogens with one attached hydrogen (secondary N) is 1. The zero-order chi connectivity index (χ0) is 10.8. The van der Waals surface area contributed by atoms with Crippen molar-refractivity contribution < 1.29 is 0 Å². The van der Waals surface area contributed by atoms with Gasteiger partial charge >= 0.3 is 0 Å². The zero-order valence-corrected chi connectivity index (χ0v) is 10.5. The number of aromatic nitrogens is 4. The van der Waals surface area contributed by atoms with Crippen molar-refractivity contribution in [3.63, 3.8) is 0 Å². The number of hydrogen-bond donors (Lipinski definition) is 1. The minimum absolute atomic E-state index is 0. The van der Waals surface area contributed by atoms with Gasteiger partial charge < -0.3 is 5.32 Å². The number of nitrogens with zero attached hydrogens (tertiary/aromatic N) is 4. The molecule has 0 bridgehead atoms. The first kappa shape index (κ1) is 12.6. The highest BCUT2D eigenvalue weighted by molar-refractivity contribution is 5.85. The second kappa shape index (κ2) is 5.03. The standard InChI is InChI=1S/C10H15N5.ClH/c1-8-6-10(13-15(8)3)11-7-9-4-5-14(2)12-9;/h4-6H,7H2,1-3H3,(H,11,13);1H. The molecule has 0 spiro atoms. The SMILES string of the molecule is Cc1cc(NCc2ccn(C)n2)nn1C.Cl. The van der Waals surface area contributed by atoms with E-state index in [9.17, 15) is 0 Å². The van der Waals surface area contributed by atoms with Crippen molar-refractivity contribution in [3.05, 3.63) is 29.7 Å². The minimum atomic E-state index is 0. The Morgan fingerprint density at radius 1 is 1.31 bits per heavy atom. The first-order valence-corrected chi connectivity index (χ1v) is 4.88. The van der Waals surface area contributed by atoms with Crippen molar-refractivity contribution in [2.45, 2.75) is 13.5 Å². The Hall–Kier alpha value is -1.49. The summed E-state index contributed by atoms with van der Waals surface area (Å²) < 4.78 is 3.64. The molecule has 0 unspecified atom stereocenters. The van der Waals surface area contributed by atoms with E-state index >= 15 is 0 Å². The van der Waals surface area contributed by atoms with Crippen molar-refractivity contribution >= 4 is 18.2 Å². The number of hydrogen-bond acceptors (Lipinski definition) is 3. The zero-order valence-electron chi connectivity index (χ0n) is 9.64. The third-order valence-corrected chi connectivity index (χ3v) is 2.33. The molecule has 88 valence electrons. The molecule has 6 heteroatoms. The van der Waals surface area contributed by atoms with Crippen LogP contribution in [0.15, 0.2) is 18.3 Å². The molecule has 0 saturated carbocycles. The summed E-state index contributed by atoms with van der Waals surface area (Å²) in [5, 5.41) is 11.8. The minimum Gasteiger partial charge on any atom is -0.363 e. The summed E-state index contributed by atoms with van der Waals surface area (Å²) in [4.78, 5) is 0. The monoisotopic (exact) mass is 241 g/mol. The van der Waals surface area contributed by atoms with E-state index in [2.05, 4.69) is 15.5 Å². The fourth-order valence-corrected chi connectivity index (χ4v) is 1.39. The predicted octanol–water partition coefficient (Wildman–Crippen LogP) is 1.50. The summed E-state index contributed by atoms with van der Waals surface area (Å²) in [5.41, 5.74) is 2.15. The van der Waals surface area contributed by atoms with Crippen LogP contribution in [-0.4, -0.2) is 19.6 Å². The van der Waals surface area contributed by atoms with E-state index in [1.807, 2.05) is 44.0 Å². The Kier molecular flexibility index (Phi) is 3.95. The van der Waals surface area contributed by atoms with Gasteiger partial charge in [-0.2, -0.15) is 10.2 Å². The van der Waals surface area contributed by atoms with Crippen molar-refractivity contribution in [1.29, 1.82) is 0 Å². The number of anilines is 1. The number of aryl methyl sites for hydroxylation is 3. The topological polar surface area (TPSA) is 47.7 Å². The van der Waals surface area contributed by atoms with Crippen molar-refractivity contribution in [2.24, 2.45) is 14.1 Å². The summed E-state index contributed by atoms with van der Waals surface area (Å²) in [6.45, 7) is 2.73. The third-order valence-electron chi connectivity index (χ3n) is 2.33. The molecule has 0 aliphatic heterocycles. The van der Waals surface area contributed by atoms with Crippen LogP contribution in [0.1, 0.15) is 11.4 Å². The van der Waals surface area contributed by atoms with Crippen LogP contribution in [0.25, 0.3) is 0 Å². The second-order valence-electron chi connectivity index (χ2n) is 3.63. The molecule has 0 atom stereocenters. The van der Waals surface area contributed by atoms with E-state index in [1.165, 1.54) is 0 Å². The second-order valence-corrected chi connectivity index (χ2v) is 3.63. The summed E-state index contributed by atoms with van der Waals surface area (Å²) in [6.07, 6.45) is 1.93. The third kappa shape index (κ3) is 2.76. The smallest absolute Gasteiger partial charge is 0.148 e. The lowest BCUT2D eigenvalue weighted by atomic mass is 10.4. The maximum Gasteiger partial charge on any atom is 0.148 e. The molecule has 16 heavy (non-hydrogen) atoms. The molecular weight excluding hydrogens is 226 g/mol. The van der Waals surface area contributed by atoms with Crippen LogP contribution < -0.4 is 5.32 Å². The summed E-state index contributed by atoms with van der Waals surface area (Å²) >= 11 is 0. The van der Waals surface area contributed by atoms with Crippen LogP contribution in [-0.2, 0) is 20.6 Å². The van der Waals surface area contributed by atoms with Crippen LogP contribution >= 0.6 is 12.4 Å². The average Bonchev–Trinajstić information content (AvgIpc) is 2.72. The van der Waals surface area contributed by atoms with Gasteiger partial charge in [-0.3, -0.25) is 9.36 Å². The van der Waals surface area contributed by atoms with E-state index < -0.39 is 0 Å². The predicted molar refractivity (Wildman–Crippen MR) is 65.7 cm³/mol. The van der Waals surface area contributed by atoms with Gasteiger partial charge in [0, 0.05) is 32.1 Å². The van der Waals surface area contributed by atoms with E-state index in [0.29, 0.717) is 6.54 Å². The number of rotatable bonds is 3. The Balaban J connectivity index is 0.00000128. The fourth-order valence-electron chi connectivity index (χ4n) is 1.39. The summed E-state index contributed by atoms with van der Waals surface area (Å²) in [6, 6.07) is 4.01. The lowest BCUT2D eigenvalue weighted by Crippen LogP contribution is -2.02. The largest absolute Gasteiger partial charge is 0.363 e. The molecule has 0 amide bonds. The van der Waals surface area contributed by atoms with E-state index in [4.69, 9.17) is 0 Å². The maximum absolute atomic E-state index is 4.30. The van der Waals surface area contributed by atoms with Gasteiger partial charge in [-0.05, 0) is 13.0 Å². The summed E-state index contributed by atoms with van der Waals surface area (Å²) in [7, 11) is 3.84. The lowest BCUT2D eigenvalue weighted by Gasteiger charge is -1.98. The molecule has 0 fully saturated rings. The van der Waals surface area contributed by atoms with Gasteiger partial charge in [0.15, 0.2) is 0 Å². The van der Waals surface area contributed by atoms with Gasteiger partial charge in [0.25, 0.3) is 0 Å². The highest BCUT2D eigenvalue weighted by atomic mass is 35.5.